The molecule has 0 N–H and O–H groups in total. The highest BCUT2D eigenvalue weighted by atomic mass is 35.5. The molecule has 0 aromatic heterocycles. The fourth-order valence-corrected chi connectivity index (χ4v) is 3.20. The topological polar surface area (TPSA) is 20.3 Å². The summed E-state index contributed by atoms with van der Waals surface area (Å²) in [6.45, 7) is 6.36. The van der Waals surface area contributed by atoms with Gasteiger partial charge in [0.05, 0.1) is 10.0 Å². The van der Waals surface area contributed by atoms with Gasteiger partial charge in [-0.25, -0.2) is 0 Å². The molecule has 1 aromatic carbocycles. The Kier molecular flexibility index (Phi) is 4.88. The third-order valence-electron chi connectivity index (χ3n) is 3.79. The zero-order valence-electron chi connectivity index (χ0n) is 11.3. The maximum absolute atomic E-state index is 12.2. The second-order valence-corrected chi connectivity index (χ2v) is 6.24. The molecule has 0 saturated carbocycles. The van der Waals surface area contributed by atoms with Gasteiger partial charge in [-0.2, -0.15) is 0 Å². The summed E-state index contributed by atoms with van der Waals surface area (Å²) in [7, 11) is 0. The monoisotopic (exact) mass is 299 g/mol. The van der Waals surface area contributed by atoms with Crippen molar-refractivity contribution in [2.24, 2.45) is 5.92 Å². The van der Waals surface area contributed by atoms with Crippen molar-refractivity contribution in [2.45, 2.75) is 32.7 Å². The molecule has 0 bridgehead atoms. The Morgan fingerprint density at radius 3 is 2.74 bits per heavy atom. The van der Waals surface area contributed by atoms with E-state index in [-0.39, 0.29) is 5.78 Å². The molecule has 1 heterocycles. The van der Waals surface area contributed by atoms with Gasteiger partial charge in [0.2, 0.25) is 0 Å². The molecule has 2 nitrogen and oxygen atoms in total. The van der Waals surface area contributed by atoms with E-state index >= 15 is 0 Å². The van der Waals surface area contributed by atoms with Crippen LogP contribution in [0, 0.1) is 5.92 Å². The summed E-state index contributed by atoms with van der Waals surface area (Å²) in [6.07, 6.45) is 1.71. The van der Waals surface area contributed by atoms with E-state index in [1.165, 1.54) is 6.42 Å². The predicted molar refractivity (Wildman–Crippen MR) is 80.2 cm³/mol. The van der Waals surface area contributed by atoms with Crippen LogP contribution in [0.3, 0.4) is 0 Å². The van der Waals surface area contributed by atoms with E-state index in [1.807, 2.05) is 0 Å². The van der Waals surface area contributed by atoms with Gasteiger partial charge in [-0.05, 0) is 31.4 Å². The van der Waals surface area contributed by atoms with Gasteiger partial charge in [0, 0.05) is 31.1 Å². The van der Waals surface area contributed by atoms with Gasteiger partial charge in [-0.1, -0.05) is 36.2 Å². The first-order valence-corrected chi connectivity index (χ1v) is 7.46. The Hall–Kier alpha value is -0.570. The smallest absolute Gasteiger partial charge is 0.165 e. The lowest BCUT2D eigenvalue weighted by molar-refractivity contribution is 0.0962. The summed E-state index contributed by atoms with van der Waals surface area (Å²) in [5.41, 5.74) is 0.536. The van der Waals surface area contributed by atoms with Crippen LogP contribution >= 0.6 is 23.2 Å². The number of Topliss-reactive ketones (excluding diaryl/α,β-unsaturated/α-hetero) is 1. The van der Waals surface area contributed by atoms with Gasteiger partial charge >= 0.3 is 0 Å². The quantitative estimate of drug-likeness (QED) is 0.773. The Morgan fingerprint density at radius 1 is 1.37 bits per heavy atom. The van der Waals surface area contributed by atoms with Crippen LogP contribution < -0.4 is 0 Å². The largest absolute Gasteiger partial charge is 0.300 e. The van der Waals surface area contributed by atoms with Gasteiger partial charge < -0.3 is 0 Å². The van der Waals surface area contributed by atoms with Crippen molar-refractivity contribution in [3.63, 3.8) is 0 Å². The first-order chi connectivity index (χ1) is 8.99. The fourth-order valence-electron chi connectivity index (χ4n) is 2.80. The summed E-state index contributed by atoms with van der Waals surface area (Å²) in [4.78, 5) is 14.6. The van der Waals surface area contributed by atoms with Gasteiger partial charge in [0.25, 0.3) is 0 Å². The van der Waals surface area contributed by atoms with Gasteiger partial charge in [0.15, 0.2) is 5.78 Å². The third kappa shape index (κ3) is 3.50. The molecule has 19 heavy (non-hydrogen) atoms. The predicted octanol–water partition coefficient (Wildman–Crippen LogP) is 4.30. The molecule has 1 aliphatic heterocycles. The highest BCUT2D eigenvalue weighted by molar-refractivity contribution is 6.43. The minimum atomic E-state index is 0.0688. The minimum Gasteiger partial charge on any atom is -0.300 e. The van der Waals surface area contributed by atoms with Gasteiger partial charge in [0.1, 0.15) is 0 Å². The SMILES string of the molecule is CC1CC(C)N(CCC(=O)c2cccc(Cl)c2Cl)C1. The standard InChI is InChI=1S/C15H19Cl2NO/c1-10-8-11(2)18(9-10)7-6-14(19)12-4-3-5-13(16)15(12)17/h3-5,10-11H,6-9H2,1-2H3. The molecule has 1 saturated heterocycles. The zero-order valence-corrected chi connectivity index (χ0v) is 12.8. The lowest BCUT2D eigenvalue weighted by Gasteiger charge is -2.20. The molecule has 4 heteroatoms. The average Bonchev–Trinajstić information content (AvgIpc) is 2.68. The highest BCUT2D eigenvalue weighted by Gasteiger charge is 2.26. The van der Waals surface area contributed by atoms with E-state index in [1.54, 1.807) is 18.2 Å². The third-order valence-corrected chi connectivity index (χ3v) is 4.61. The maximum atomic E-state index is 12.2. The van der Waals surface area contributed by atoms with Gasteiger partial charge in [-0.15, -0.1) is 0 Å². The molecular weight excluding hydrogens is 281 g/mol. The van der Waals surface area contributed by atoms with Crippen LogP contribution in [0.25, 0.3) is 0 Å². The van der Waals surface area contributed by atoms with Gasteiger partial charge in [-0.3, -0.25) is 9.69 Å². The minimum absolute atomic E-state index is 0.0688. The summed E-state index contributed by atoms with van der Waals surface area (Å²) in [6, 6.07) is 5.78. The molecule has 0 radical (unpaired) electrons. The van der Waals surface area contributed by atoms with Crippen LogP contribution in [0.1, 0.15) is 37.0 Å². The second-order valence-electron chi connectivity index (χ2n) is 5.46. The van der Waals surface area contributed by atoms with Crippen LogP contribution in [0.2, 0.25) is 10.0 Å². The van der Waals surface area contributed by atoms with Crippen LogP contribution in [0.5, 0.6) is 0 Å². The summed E-state index contributed by atoms with van der Waals surface area (Å²) in [5.74, 6) is 0.791. The number of hydrogen-bond donors (Lipinski definition) is 0. The number of carbonyl (C=O) groups excluding carboxylic acids is 1. The molecule has 104 valence electrons. The lowest BCUT2D eigenvalue weighted by Crippen LogP contribution is -2.29. The molecular formula is C15H19Cl2NO. The maximum Gasteiger partial charge on any atom is 0.165 e. The van der Waals surface area contributed by atoms with E-state index < -0.39 is 0 Å². The van der Waals surface area contributed by atoms with Crippen molar-refractivity contribution >= 4 is 29.0 Å². The molecule has 0 aliphatic carbocycles. The summed E-state index contributed by atoms with van der Waals surface area (Å²) < 4.78 is 0. The number of benzene rings is 1. The number of hydrogen-bond acceptors (Lipinski definition) is 2. The normalized spacial score (nSPS) is 23.8. The summed E-state index contributed by atoms with van der Waals surface area (Å²) >= 11 is 12.0. The van der Waals surface area contributed by atoms with Crippen LogP contribution in [-0.4, -0.2) is 29.8 Å². The highest BCUT2D eigenvalue weighted by Crippen LogP contribution is 2.27. The zero-order chi connectivity index (χ0) is 14.0. The van der Waals surface area contributed by atoms with Crippen molar-refractivity contribution in [1.29, 1.82) is 0 Å². The number of carbonyl (C=O) groups is 1. The molecule has 0 amide bonds. The fraction of sp³-hybridized carbons (Fsp3) is 0.533. The molecule has 1 fully saturated rings. The molecule has 2 unspecified atom stereocenters. The van der Waals surface area contributed by atoms with E-state index in [0.717, 1.165) is 19.0 Å². The van der Waals surface area contributed by atoms with Crippen molar-refractivity contribution in [3.05, 3.63) is 33.8 Å². The first kappa shape index (κ1) is 14.8. The molecule has 2 atom stereocenters. The lowest BCUT2D eigenvalue weighted by atomic mass is 10.1. The van der Waals surface area contributed by atoms with E-state index in [9.17, 15) is 4.79 Å². The van der Waals surface area contributed by atoms with Crippen molar-refractivity contribution in [2.75, 3.05) is 13.1 Å². The second kappa shape index (κ2) is 6.25. The molecule has 0 spiro atoms. The van der Waals surface area contributed by atoms with E-state index in [4.69, 9.17) is 23.2 Å². The van der Waals surface area contributed by atoms with Crippen molar-refractivity contribution in [1.82, 2.24) is 4.90 Å². The Bertz CT molecular complexity index is 475. The van der Waals surface area contributed by atoms with Crippen molar-refractivity contribution < 1.29 is 4.79 Å². The number of rotatable bonds is 4. The Morgan fingerprint density at radius 2 is 2.11 bits per heavy atom. The molecule has 1 aliphatic rings. The number of halogens is 2. The van der Waals surface area contributed by atoms with E-state index in [2.05, 4.69) is 18.7 Å². The molecule has 2 rings (SSSR count). The van der Waals surface area contributed by atoms with E-state index in [0.29, 0.717) is 28.1 Å². The Labute approximate surface area is 124 Å². The average molecular weight is 300 g/mol. The number of likely N-dealkylation sites (tertiary alicyclic amines) is 1. The van der Waals surface area contributed by atoms with Crippen LogP contribution in [0.15, 0.2) is 18.2 Å². The summed E-state index contributed by atoms with van der Waals surface area (Å²) in [5, 5.41) is 0.813. The van der Waals surface area contributed by atoms with Crippen molar-refractivity contribution in [3.8, 4) is 0 Å². The Balaban J connectivity index is 1.96. The number of nitrogens with zero attached hydrogens (tertiary/aromatic N) is 1. The number of ketones is 1. The van der Waals surface area contributed by atoms with Crippen LogP contribution in [-0.2, 0) is 0 Å². The first-order valence-electron chi connectivity index (χ1n) is 6.70. The van der Waals surface area contributed by atoms with Crippen LogP contribution in [0.4, 0.5) is 0 Å². The molecule has 1 aromatic rings.